The largest absolute Gasteiger partial charge is 0.477 e. The maximum atomic E-state index is 11.7. The van der Waals surface area contributed by atoms with E-state index in [2.05, 4.69) is 32.6 Å². The topological polar surface area (TPSA) is 95.4 Å². The number of rotatable bonds is 6. The van der Waals surface area contributed by atoms with Gasteiger partial charge in [0.25, 0.3) is 5.56 Å². The molecule has 1 rings (SSSR count). The maximum absolute atomic E-state index is 11.7. The van der Waals surface area contributed by atoms with Gasteiger partial charge in [-0.05, 0) is 27.7 Å². The highest BCUT2D eigenvalue weighted by Crippen LogP contribution is 2.04. The Morgan fingerprint density at radius 1 is 1.30 bits per heavy atom. The van der Waals surface area contributed by atoms with Crippen molar-refractivity contribution in [1.29, 1.82) is 0 Å². The van der Waals surface area contributed by atoms with E-state index in [1.54, 1.807) is 0 Å². The maximum Gasteiger partial charge on any atom is 0.342 e. The van der Waals surface area contributed by atoms with Gasteiger partial charge in [0.1, 0.15) is 5.56 Å². The van der Waals surface area contributed by atoms with Crippen LogP contribution < -0.4 is 11.2 Å². The summed E-state index contributed by atoms with van der Waals surface area (Å²) in [7, 11) is 0. The van der Waals surface area contributed by atoms with Crippen LogP contribution in [-0.2, 0) is 6.54 Å². The molecule has 7 nitrogen and oxygen atoms in total. The number of H-pyrrole nitrogens is 1. The molecule has 0 aliphatic heterocycles. The molecule has 20 heavy (non-hydrogen) atoms. The van der Waals surface area contributed by atoms with Gasteiger partial charge in [-0.2, -0.15) is 0 Å². The Hall–Kier alpha value is -1.89. The Labute approximate surface area is 116 Å². The van der Waals surface area contributed by atoms with Gasteiger partial charge in [-0.1, -0.05) is 0 Å². The Kier molecular flexibility index (Phi) is 5.26. The number of aromatic amines is 1. The lowest BCUT2D eigenvalue weighted by Gasteiger charge is -2.30. The van der Waals surface area contributed by atoms with Crippen molar-refractivity contribution in [3.8, 4) is 0 Å². The number of carboxylic acid groups (broad SMARTS) is 1. The van der Waals surface area contributed by atoms with Gasteiger partial charge < -0.3 is 5.11 Å². The van der Waals surface area contributed by atoms with E-state index in [4.69, 9.17) is 5.11 Å². The summed E-state index contributed by atoms with van der Waals surface area (Å²) in [5.74, 6) is -1.34. The van der Waals surface area contributed by atoms with Gasteiger partial charge in [0.05, 0.1) is 0 Å². The van der Waals surface area contributed by atoms with Gasteiger partial charge >= 0.3 is 11.7 Å². The van der Waals surface area contributed by atoms with Crippen molar-refractivity contribution in [1.82, 2.24) is 14.5 Å². The van der Waals surface area contributed by atoms with E-state index in [-0.39, 0.29) is 0 Å². The van der Waals surface area contributed by atoms with Gasteiger partial charge in [-0.3, -0.25) is 19.2 Å². The first-order valence-electron chi connectivity index (χ1n) is 6.56. The molecule has 0 bridgehead atoms. The van der Waals surface area contributed by atoms with Crippen LogP contribution in [0, 0.1) is 0 Å². The summed E-state index contributed by atoms with van der Waals surface area (Å²) in [5, 5.41) is 8.89. The number of aromatic nitrogens is 2. The first-order valence-corrected chi connectivity index (χ1v) is 6.56. The molecule has 112 valence electrons. The summed E-state index contributed by atoms with van der Waals surface area (Å²) in [6.07, 6.45) is 1.10. The number of nitrogens with one attached hydrogen (secondary N) is 1. The number of nitrogens with zero attached hydrogens (tertiary/aromatic N) is 2. The second kappa shape index (κ2) is 6.51. The zero-order valence-electron chi connectivity index (χ0n) is 12.2. The third-order valence-corrected chi connectivity index (χ3v) is 3.17. The molecule has 0 amide bonds. The molecule has 0 spiro atoms. The molecule has 0 saturated carbocycles. The molecule has 0 aliphatic rings. The van der Waals surface area contributed by atoms with E-state index in [1.165, 1.54) is 4.57 Å². The molecule has 1 aromatic heterocycles. The van der Waals surface area contributed by atoms with Crippen LogP contribution in [0.5, 0.6) is 0 Å². The molecule has 1 aromatic rings. The summed E-state index contributed by atoms with van der Waals surface area (Å²) in [6.45, 7) is 9.14. The lowest BCUT2D eigenvalue weighted by Crippen LogP contribution is -2.41. The number of aromatic carboxylic acids is 1. The molecule has 1 heterocycles. The molecule has 0 radical (unpaired) electrons. The smallest absolute Gasteiger partial charge is 0.342 e. The Morgan fingerprint density at radius 3 is 2.30 bits per heavy atom. The van der Waals surface area contributed by atoms with Crippen molar-refractivity contribution in [3.05, 3.63) is 32.6 Å². The van der Waals surface area contributed by atoms with E-state index >= 15 is 0 Å². The van der Waals surface area contributed by atoms with Crippen molar-refractivity contribution < 1.29 is 9.90 Å². The number of carboxylic acids is 1. The van der Waals surface area contributed by atoms with Crippen LogP contribution in [0.3, 0.4) is 0 Å². The monoisotopic (exact) mass is 283 g/mol. The molecule has 0 fully saturated rings. The standard InChI is InChI=1S/C13H21N3O4/c1-8(2)16(9(3)4)6-5-15-7-10(12(18)19)11(17)14-13(15)20/h7-9H,5-6H2,1-4H3,(H,18,19)(H,14,17,20). The Balaban J connectivity index is 2.98. The van der Waals surface area contributed by atoms with Gasteiger partial charge in [-0.25, -0.2) is 9.59 Å². The molecule has 0 aliphatic carbocycles. The van der Waals surface area contributed by atoms with Gasteiger partial charge in [-0.15, -0.1) is 0 Å². The zero-order chi connectivity index (χ0) is 15.4. The first-order chi connectivity index (χ1) is 9.23. The van der Waals surface area contributed by atoms with Crippen molar-refractivity contribution in [2.75, 3.05) is 6.54 Å². The zero-order valence-corrected chi connectivity index (χ0v) is 12.2. The third kappa shape index (κ3) is 3.80. The molecule has 0 saturated heterocycles. The molecule has 2 N–H and O–H groups in total. The minimum absolute atomic E-state index is 0.312. The molecular formula is C13H21N3O4. The van der Waals surface area contributed by atoms with Crippen LogP contribution >= 0.6 is 0 Å². The fourth-order valence-electron chi connectivity index (χ4n) is 2.16. The normalized spacial score (nSPS) is 11.6. The van der Waals surface area contributed by atoms with E-state index in [0.29, 0.717) is 25.2 Å². The average molecular weight is 283 g/mol. The summed E-state index contributed by atoms with van der Waals surface area (Å²) < 4.78 is 1.22. The highest BCUT2D eigenvalue weighted by Gasteiger charge is 2.15. The van der Waals surface area contributed by atoms with Crippen molar-refractivity contribution in [3.63, 3.8) is 0 Å². The van der Waals surface area contributed by atoms with Crippen LogP contribution in [0.25, 0.3) is 0 Å². The summed E-state index contributed by atoms with van der Waals surface area (Å²) in [5.41, 5.74) is -1.89. The molecule has 7 heteroatoms. The van der Waals surface area contributed by atoms with Crippen molar-refractivity contribution in [2.24, 2.45) is 0 Å². The van der Waals surface area contributed by atoms with Crippen molar-refractivity contribution in [2.45, 2.75) is 46.3 Å². The second-order valence-corrected chi connectivity index (χ2v) is 5.23. The molecule has 0 unspecified atom stereocenters. The van der Waals surface area contributed by atoms with Crippen molar-refractivity contribution >= 4 is 5.97 Å². The van der Waals surface area contributed by atoms with Crippen LogP contribution in [0.2, 0.25) is 0 Å². The minimum Gasteiger partial charge on any atom is -0.477 e. The van der Waals surface area contributed by atoms with E-state index < -0.39 is 22.8 Å². The molecule has 0 aromatic carbocycles. The summed E-state index contributed by atoms with van der Waals surface area (Å²) in [6, 6.07) is 0.625. The fraction of sp³-hybridized carbons (Fsp3) is 0.615. The quantitative estimate of drug-likeness (QED) is 0.785. The fourth-order valence-corrected chi connectivity index (χ4v) is 2.16. The molecular weight excluding hydrogens is 262 g/mol. The van der Waals surface area contributed by atoms with E-state index in [9.17, 15) is 14.4 Å². The predicted octanol–water partition coefficient (Wildman–Crippen LogP) is 0.354. The first kappa shape index (κ1) is 16.2. The Morgan fingerprint density at radius 2 is 1.85 bits per heavy atom. The lowest BCUT2D eigenvalue weighted by molar-refractivity contribution is 0.0693. The number of carbonyl (C=O) groups is 1. The summed E-state index contributed by atoms with van der Waals surface area (Å²) in [4.78, 5) is 38.1. The third-order valence-electron chi connectivity index (χ3n) is 3.17. The molecule has 0 atom stereocenters. The highest BCUT2D eigenvalue weighted by molar-refractivity contribution is 5.86. The number of hydrogen-bond acceptors (Lipinski definition) is 4. The Bertz CT molecular complexity index is 578. The van der Waals surface area contributed by atoms with Gasteiger partial charge in [0.2, 0.25) is 0 Å². The van der Waals surface area contributed by atoms with Crippen LogP contribution in [-0.4, -0.2) is 44.2 Å². The summed E-state index contributed by atoms with van der Waals surface area (Å²) >= 11 is 0. The van der Waals surface area contributed by atoms with Gasteiger partial charge in [0.15, 0.2) is 0 Å². The van der Waals surface area contributed by atoms with Crippen LogP contribution in [0.1, 0.15) is 38.1 Å². The van der Waals surface area contributed by atoms with E-state index in [1.807, 2.05) is 4.98 Å². The SMILES string of the molecule is CC(C)N(CCn1cc(C(=O)O)c(=O)[nH]c1=O)C(C)C. The second-order valence-electron chi connectivity index (χ2n) is 5.23. The van der Waals surface area contributed by atoms with Crippen LogP contribution in [0.4, 0.5) is 0 Å². The van der Waals surface area contributed by atoms with E-state index in [0.717, 1.165) is 6.20 Å². The highest BCUT2D eigenvalue weighted by atomic mass is 16.4. The average Bonchev–Trinajstić information content (AvgIpc) is 2.30. The minimum atomic E-state index is -1.34. The predicted molar refractivity (Wildman–Crippen MR) is 75.3 cm³/mol. The number of hydrogen-bond donors (Lipinski definition) is 2. The van der Waals surface area contributed by atoms with Gasteiger partial charge in [0, 0.05) is 31.4 Å². The van der Waals surface area contributed by atoms with Crippen LogP contribution in [0.15, 0.2) is 15.8 Å². The lowest BCUT2D eigenvalue weighted by atomic mass is 10.2.